The zero-order valence-electron chi connectivity index (χ0n) is 13.6. The van der Waals surface area contributed by atoms with Crippen LogP contribution in [0.5, 0.6) is 0 Å². The summed E-state index contributed by atoms with van der Waals surface area (Å²) in [4.78, 5) is 5.49. The van der Waals surface area contributed by atoms with Crippen molar-refractivity contribution in [3.8, 4) is 11.1 Å². The molecule has 0 aromatic heterocycles. The molecule has 0 amide bonds. The Balaban J connectivity index is 1.49. The lowest BCUT2D eigenvalue weighted by atomic mass is 10.0. The predicted molar refractivity (Wildman–Crippen MR) is 108 cm³/mol. The Morgan fingerprint density at radius 3 is 2.36 bits per heavy atom. The van der Waals surface area contributed by atoms with E-state index in [-0.39, 0.29) is 0 Å². The van der Waals surface area contributed by atoms with Crippen molar-refractivity contribution in [2.45, 2.75) is 4.90 Å². The standard InChI is InChI=1S/C20H18N4S/c21-20(24-16-4-2-1-3-5-16)25-17-9-6-14(7-10-17)15-8-11-18-19(12-15)23-13-22-18/h1-12,22-23H,13H2,(H2,21,24). The van der Waals surface area contributed by atoms with Gasteiger partial charge in [-0.1, -0.05) is 48.2 Å². The Bertz CT molecular complexity index is 905. The first-order valence-electron chi connectivity index (χ1n) is 8.07. The maximum atomic E-state index is 6.05. The fraction of sp³-hybridized carbons (Fsp3) is 0.0500. The molecule has 0 atom stereocenters. The minimum Gasteiger partial charge on any atom is -0.378 e. The van der Waals surface area contributed by atoms with Crippen molar-refractivity contribution < 1.29 is 0 Å². The zero-order chi connectivity index (χ0) is 17.1. The minimum atomic E-state index is 0.534. The second kappa shape index (κ2) is 6.91. The first-order chi connectivity index (χ1) is 12.3. The minimum absolute atomic E-state index is 0.534. The van der Waals surface area contributed by atoms with Crippen molar-refractivity contribution in [2.24, 2.45) is 10.7 Å². The molecular formula is C20H18N4S. The molecule has 0 saturated carbocycles. The highest BCUT2D eigenvalue weighted by atomic mass is 32.2. The summed E-state index contributed by atoms with van der Waals surface area (Å²) < 4.78 is 0. The normalized spacial score (nSPS) is 13.0. The maximum absolute atomic E-state index is 6.05. The molecule has 3 aromatic rings. The number of thioether (sulfide) groups is 1. The van der Waals surface area contributed by atoms with Gasteiger partial charge in [-0.2, -0.15) is 0 Å². The van der Waals surface area contributed by atoms with Crippen LogP contribution < -0.4 is 16.4 Å². The number of amidine groups is 1. The lowest BCUT2D eigenvalue weighted by Crippen LogP contribution is -2.05. The van der Waals surface area contributed by atoms with E-state index in [4.69, 9.17) is 5.73 Å². The van der Waals surface area contributed by atoms with Crippen molar-refractivity contribution in [1.82, 2.24) is 0 Å². The van der Waals surface area contributed by atoms with Gasteiger partial charge in [-0.3, -0.25) is 0 Å². The Kier molecular flexibility index (Phi) is 4.31. The van der Waals surface area contributed by atoms with Gasteiger partial charge in [0.2, 0.25) is 0 Å². The van der Waals surface area contributed by atoms with Gasteiger partial charge in [-0.25, -0.2) is 4.99 Å². The number of nitrogens with one attached hydrogen (secondary N) is 2. The van der Waals surface area contributed by atoms with Crippen LogP contribution in [0.3, 0.4) is 0 Å². The van der Waals surface area contributed by atoms with Crippen molar-refractivity contribution in [2.75, 3.05) is 17.3 Å². The van der Waals surface area contributed by atoms with E-state index in [0.717, 1.165) is 28.6 Å². The molecule has 0 unspecified atom stereocenters. The van der Waals surface area contributed by atoms with Gasteiger partial charge in [0, 0.05) is 4.90 Å². The molecular weight excluding hydrogens is 328 g/mol. The fourth-order valence-electron chi connectivity index (χ4n) is 2.75. The summed E-state index contributed by atoms with van der Waals surface area (Å²) in [7, 11) is 0. The van der Waals surface area contributed by atoms with Gasteiger partial charge in [0.25, 0.3) is 0 Å². The van der Waals surface area contributed by atoms with Gasteiger partial charge < -0.3 is 16.4 Å². The van der Waals surface area contributed by atoms with Gasteiger partial charge in [0.15, 0.2) is 5.17 Å². The number of hydrogen-bond donors (Lipinski definition) is 3. The van der Waals surface area contributed by atoms with Crippen LogP contribution in [0.1, 0.15) is 0 Å². The highest BCUT2D eigenvalue weighted by Crippen LogP contribution is 2.32. The number of hydrogen-bond acceptors (Lipinski definition) is 4. The van der Waals surface area contributed by atoms with Crippen LogP contribution in [-0.2, 0) is 0 Å². The topological polar surface area (TPSA) is 62.4 Å². The molecule has 0 saturated heterocycles. The molecule has 0 bridgehead atoms. The first-order valence-corrected chi connectivity index (χ1v) is 8.89. The molecule has 0 radical (unpaired) electrons. The van der Waals surface area contributed by atoms with E-state index < -0.39 is 0 Å². The Labute approximate surface area is 151 Å². The van der Waals surface area contributed by atoms with Crippen LogP contribution in [0.2, 0.25) is 0 Å². The molecule has 4 nitrogen and oxygen atoms in total. The van der Waals surface area contributed by atoms with Crippen molar-refractivity contribution in [1.29, 1.82) is 0 Å². The second-order valence-electron chi connectivity index (χ2n) is 5.70. The average Bonchev–Trinajstić information content (AvgIpc) is 3.11. The van der Waals surface area contributed by atoms with Gasteiger partial charge >= 0.3 is 0 Å². The third-order valence-electron chi connectivity index (χ3n) is 3.98. The molecule has 5 heteroatoms. The first kappa shape index (κ1) is 15.6. The number of benzene rings is 3. The summed E-state index contributed by atoms with van der Waals surface area (Å²) in [6, 6.07) is 24.5. The highest BCUT2D eigenvalue weighted by Gasteiger charge is 2.10. The Morgan fingerprint density at radius 2 is 1.56 bits per heavy atom. The van der Waals surface area contributed by atoms with Gasteiger partial charge in [0.05, 0.1) is 23.7 Å². The summed E-state index contributed by atoms with van der Waals surface area (Å²) in [5.41, 5.74) is 11.6. The summed E-state index contributed by atoms with van der Waals surface area (Å²) in [5, 5.41) is 7.15. The number of para-hydroxylation sites is 1. The third-order valence-corrected chi connectivity index (χ3v) is 4.79. The molecule has 0 fully saturated rings. The predicted octanol–water partition coefficient (Wildman–Crippen LogP) is 4.89. The molecule has 1 heterocycles. The van der Waals surface area contributed by atoms with E-state index >= 15 is 0 Å². The van der Waals surface area contributed by atoms with Crippen LogP contribution in [0.4, 0.5) is 17.1 Å². The van der Waals surface area contributed by atoms with Crippen LogP contribution >= 0.6 is 11.8 Å². The van der Waals surface area contributed by atoms with Crippen molar-refractivity contribution in [3.05, 3.63) is 72.8 Å². The van der Waals surface area contributed by atoms with Gasteiger partial charge in [-0.05, 0) is 47.5 Å². The van der Waals surface area contributed by atoms with Crippen LogP contribution in [-0.4, -0.2) is 11.8 Å². The van der Waals surface area contributed by atoms with E-state index in [2.05, 4.69) is 58.1 Å². The van der Waals surface area contributed by atoms with Gasteiger partial charge in [0.1, 0.15) is 0 Å². The molecule has 1 aliphatic rings. The van der Waals surface area contributed by atoms with Crippen molar-refractivity contribution >= 4 is 34.0 Å². The summed E-state index contributed by atoms with van der Waals surface area (Å²) in [6.07, 6.45) is 0. The molecule has 1 aliphatic heterocycles. The van der Waals surface area contributed by atoms with E-state index in [1.165, 1.54) is 22.9 Å². The largest absolute Gasteiger partial charge is 0.378 e. The second-order valence-corrected chi connectivity index (χ2v) is 6.80. The fourth-order valence-corrected chi connectivity index (χ4v) is 3.41. The number of rotatable bonds is 3. The number of fused-ring (bicyclic) bond motifs is 1. The molecule has 124 valence electrons. The summed E-state index contributed by atoms with van der Waals surface area (Å²) in [5.74, 6) is 0. The number of nitrogens with two attached hydrogens (primary N) is 1. The molecule has 4 rings (SSSR count). The van der Waals surface area contributed by atoms with Crippen LogP contribution in [0.15, 0.2) is 82.7 Å². The van der Waals surface area contributed by atoms with Gasteiger partial charge in [-0.15, -0.1) is 0 Å². The number of aliphatic imine (C=N–C) groups is 1. The number of anilines is 2. The quantitative estimate of drug-likeness (QED) is 0.359. The van der Waals surface area contributed by atoms with Crippen molar-refractivity contribution in [3.63, 3.8) is 0 Å². The highest BCUT2D eigenvalue weighted by molar-refractivity contribution is 8.13. The SMILES string of the molecule is NC(=Nc1ccccc1)Sc1ccc(-c2ccc3c(c2)NCN3)cc1. The molecule has 0 aliphatic carbocycles. The smallest absolute Gasteiger partial charge is 0.164 e. The third kappa shape index (κ3) is 3.61. The Hall–Kier alpha value is -2.92. The Morgan fingerprint density at radius 1 is 0.840 bits per heavy atom. The van der Waals surface area contributed by atoms with E-state index in [0.29, 0.717) is 5.17 Å². The summed E-state index contributed by atoms with van der Waals surface area (Å²) >= 11 is 1.47. The average molecular weight is 346 g/mol. The lowest BCUT2D eigenvalue weighted by Gasteiger charge is -2.06. The van der Waals surface area contributed by atoms with E-state index in [1.54, 1.807) is 0 Å². The molecule has 25 heavy (non-hydrogen) atoms. The maximum Gasteiger partial charge on any atom is 0.164 e. The summed E-state index contributed by atoms with van der Waals surface area (Å²) in [6.45, 7) is 0.786. The van der Waals surface area contributed by atoms with Crippen LogP contribution in [0, 0.1) is 0 Å². The van der Waals surface area contributed by atoms with E-state index in [1.807, 2.05) is 30.3 Å². The molecule has 4 N–H and O–H groups in total. The van der Waals surface area contributed by atoms with E-state index in [9.17, 15) is 0 Å². The monoisotopic (exact) mass is 346 g/mol. The van der Waals surface area contributed by atoms with Crippen LogP contribution in [0.25, 0.3) is 11.1 Å². The number of nitrogens with zero attached hydrogens (tertiary/aromatic N) is 1. The molecule has 0 spiro atoms. The lowest BCUT2D eigenvalue weighted by molar-refractivity contribution is 1.31. The molecule has 3 aromatic carbocycles. The zero-order valence-corrected chi connectivity index (χ0v) is 14.4.